The Kier molecular flexibility index (Phi) is 6.23. The van der Waals surface area contributed by atoms with Gasteiger partial charge in [-0.15, -0.1) is 0 Å². The molecule has 3 amide bonds. The smallest absolute Gasteiger partial charge is 0.315 e. The Balaban J connectivity index is 1.78. The van der Waals surface area contributed by atoms with Crippen LogP contribution in [0.3, 0.4) is 0 Å². The average molecular weight is 331 g/mol. The fourth-order valence-electron chi connectivity index (χ4n) is 3.36. The maximum absolute atomic E-state index is 12.1. The first-order valence-electron chi connectivity index (χ1n) is 8.77. The highest BCUT2D eigenvalue weighted by Gasteiger charge is 2.19. The van der Waals surface area contributed by atoms with Crippen LogP contribution in [-0.2, 0) is 4.79 Å². The summed E-state index contributed by atoms with van der Waals surface area (Å²) in [5, 5.41) is 8.50. The number of hydrogen-bond acceptors (Lipinski definition) is 2. The van der Waals surface area contributed by atoms with E-state index in [4.69, 9.17) is 0 Å². The summed E-state index contributed by atoms with van der Waals surface area (Å²) < 4.78 is 0. The monoisotopic (exact) mass is 331 g/mol. The van der Waals surface area contributed by atoms with Crippen molar-refractivity contribution in [3.05, 3.63) is 28.8 Å². The number of amides is 3. The Bertz CT molecular complexity index is 582. The SMILES string of the molecule is Cc1cc(C)c(NC(=O)CNC(=O)NC2CCC(C)CC2)c(C)c1. The van der Waals surface area contributed by atoms with Crippen LogP contribution in [0.25, 0.3) is 0 Å². The molecule has 1 aromatic carbocycles. The molecule has 0 saturated heterocycles. The van der Waals surface area contributed by atoms with Gasteiger partial charge in [0, 0.05) is 11.7 Å². The second-order valence-electron chi connectivity index (χ2n) is 7.11. The highest BCUT2D eigenvalue weighted by atomic mass is 16.2. The van der Waals surface area contributed by atoms with Gasteiger partial charge in [-0.25, -0.2) is 4.79 Å². The number of rotatable bonds is 4. The maximum Gasteiger partial charge on any atom is 0.315 e. The largest absolute Gasteiger partial charge is 0.335 e. The van der Waals surface area contributed by atoms with E-state index in [1.165, 1.54) is 5.56 Å². The van der Waals surface area contributed by atoms with Crippen molar-refractivity contribution in [2.75, 3.05) is 11.9 Å². The molecule has 0 unspecified atom stereocenters. The molecular formula is C19H29N3O2. The molecule has 1 aliphatic carbocycles. The average Bonchev–Trinajstić information content (AvgIpc) is 2.51. The van der Waals surface area contributed by atoms with Gasteiger partial charge in [0.15, 0.2) is 0 Å². The molecule has 0 aliphatic heterocycles. The van der Waals surface area contributed by atoms with E-state index in [1.807, 2.05) is 32.9 Å². The highest BCUT2D eigenvalue weighted by Crippen LogP contribution is 2.23. The number of anilines is 1. The molecule has 3 N–H and O–H groups in total. The van der Waals surface area contributed by atoms with Gasteiger partial charge in [0.05, 0.1) is 6.54 Å². The van der Waals surface area contributed by atoms with Gasteiger partial charge in [-0.1, -0.05) is 24.6 Å². The molecule has 24 heavy (non-hydrogen) atoms. The van der Waals surface area contributed by atoms with E-state index in [1.54, 1.807) is 0 Å². The third-order valence-electron chi connectivity index (χ3n) is 4.70. The first-order chi connectivity index (χ1) is 11.3. The van der Waals surface area contributed by atoms with Crippen LogP contribution in [-0.4, -0.2) is 24.5 Å². The second-order valence-corrected chi connectivity index (χ2v) is 7.11. The molecule has 1 aliphatic rings. The molecule has 0 aromatic heterocycles. The molecule has 0 spiro atoms. The van der Waals surface area contributed by atoms with Crippen LogP contribution in [0.15, 0.2) is 12.1 Å². The summed E-state index contributed by atoms with van der Waals surface area (Å²) in [5.74, 6) is 0.537. The van der Waals surface area contributed by atoms with Crippen LogP contribution in [0.5, 0.6) is 0 Å². The van der Waals surface area contributed by atoms with Gasteiger partial charge < -0.3 is 16.0 Å². The van der Waals surface area contributed by atoms with Crippen LogP contribution in [0, 0.1) is 26.7 Å². The molecule has 132 valence electrons. The van der Waals surface area contributed by atoms with E-state index in [0.717, 1.165) is 48.4 Å². The number of nitrogens with one attached hydrogen (secondary N) is 3. The summed E-state index contributed by atoms with van der Waals surface area (Å²) in [5.41, 5.74) is 4.06. The summed E-state index contributed by atoms with van der Waals surface area (Å²) in [6, 6.07) is 4.03. The Morgan fingerprint density at radius 2 is 1.62 bits per heavy atom. The van der Waals surface area contributed by atoms with Gasteiger partial charge in [0.25, 0.3) is 0 Å². The molecule has 1 aromatic rings. The number of benzene rings is 1. The lowest BCUT2D eigenvalue weighted by Crippen LogP contribution is -2.45. The van der Waals surface area contributed by atoms with Crippen molar-refractivity contribution in [2.45, 2.75) is 59.4 Å². The first kappa shape index (κ1) is 18.3. The maximum atomic E-state index is 12.1. The minimum absolute atomic E-state index is 0.0261. The van der Waals surface area contributed by atoms with Gasteiger partial charge >= 0.3 is 6.03 Å². The minimum Gasteiger partial charge on any atom is -0.335 e. The van der Waals surface area contributed by atoms with E-state index < -0.39 is 0 Å². The molecule has 5 heteroatoms. The normalized spacial score (nSPS) is 20.3. The zero-order chi connectivity index (χ0) is 17.7. The number of urea groups is 1. The predicted octanol–water partition coefficient (Wildman–Crippen LogP) is 3.43. The number of carbonyl (C=O) groups is 2. The summed E-state index contributed by atoms with van der Waals surface area (Å²) >= 11 is 0. The lowest BCUT2D eigenvalue weighted by atomic mass is 9.87. The van der Waals surface area contributed by atoms with E-state index in [9.17, 15) is 9.59 Å². The molecule has 5 nitrogen and oxygen atoms in total. The van der Waals surface area contributed by atoms with Crippen molar-refractivity contribution in [1.29, 1.82) is 0 Å². The Morgan fingerprint density at radius 1 is 1.04 bits per heavy atom. The number of hydrogen-bond donors (Lipinski definition) is 3. The van der Waals surface area contributed by atoms with Crippen molar-refractivity contribution in [3.8, 4) is 0 Å². The van der Waals surface area contributed by atoms with E-state index in [-0.39, 0.29) is 24.5 Å². The minimum atomic E-state index is -0.262. The Morgan fingerprint density at radius 3 is 2.21 bits per heavy atom. The second kappa shape index (κ2) is 8.18. The van der Waals surface area contributed by atoms with E-state index in [0.29, 0.717) is 0 Å². The van der Waals surface area contributed by atoms with Crippen molar-refractivity contribution in [3.63, 3.8) is 0 Å². The molecule has 2 rings (SSSR count). The topological polar surface area (TPSA) is 70.2 Å². The van der Waals surface area contributed by atoms with E-state index >= 15 is 0 Å². The third-order valence-corrected chi connectivity index (χ3v) is 4.70. The van der Waals surface area contributed by atoms with Crippen LogP contribution in [0.4, 0.5) is 10.5 Å². The lowest BCUT2D eigenvalue weighted by Gasteiger charge is -2.26. The molecule has 0 heterocycles. The summed E-state index contributed by atoms with van der Waals surface area (Å²) in [4.78, 5) is 24.0. The molecule has 1 saturated carbocycles. The van der Waals surface area contributed by atoms with Gasteiger partial charge in [-0.3, -0.25) is 4.79 Å². The first-order valence-corrected chi connectivity index (χ1v) is 8.77. The molecule has 0 bridgehead atoms. The quantitative estimate of drug-likeness (QED) is 0.791. The van der Waals surface area contributed by atoms with Crippen LogP contribution in [0.1, 0.15) is 49.3 Å². The summed E-state index contributed by atoms with van der Waals surface area (Å²) in [7, 11) is 0. The van der Waals surface area contributed by atoms with Gasteiger partial charge in [-0.2, -0.15) is 0 Å². The van der Waals surface area contributed by atoms with Gasteiger partial charge in [0.2, 0.25) is 5.91 Å². The van der Waals surface area contributed by atoms with E-state index in [2.05, 4.69) is 22.9 Å². The van der Waals surface area contributed by atoms with Crippen molar-refractivity contribution < 1.29 is 9.59 Å². The molecule has 0 atom stereocenters. The predicted molar refractivity (Wildman–Crippen MR) is 97.2 cm³/mol. The van der Waals surface area contributed by atoms with Gasteiger partial charge in [-0.05, 0) is 63.5 Å². The van der Waals surface area contributed by atoms with Crippen molar-refractivity contribution in [1.82, 2.24) is 10.6 Å². The Labute approximate surface area is 144 Å². The molecule has 0 radical (unpaired) electrons. The third kappa shape index (κ3) is 5.25. The van der Waals surface area contributed by atoms with Crippen molar-refractivity contribution in [2.24, 2.45) is 5.92 Å². The fraction of sp³-hybridized carbons (Fsp3) is 0.579. The number of carbonyl (C=O) groups excluding carboxylic acids is 2. The fourth-order valence-corrected chi connectivity index (χ4v) is 3.36. The highest BCUT2D eigenvalue weighted by molar-refractivity contribution is 5.95. The van der Waals surface area contributed by atoms with Crippen LogP contribution >= 0.6 is 0 Å². The zero-order valence-corrected chi connectivity index (χ0v) is 15.2. The lowest BCUT2D eigenvalue weighted by molar-refractivity contribution is -0.115. The van der Waals surface area contributed by atoms with Gasteiger partial charge in [0.1, 0.15) is 0 Å². The standard InChI is InChI=1S/C19H29N3O2/c1-12-5-7-16(8-6-12)21-19(24)20-11-17(23)22-18-14(3)9-13(2)10-15(18)4/h9-10,12,16H,5-8,11H2,1-4H3,(H,22,23)(H2,20,21,24). The molecule has 1 fully saturated rings. The summed E-state index contributed by atoms with van der Waals surface area (Å²) in [6.45, 7) is 8.19. The number of aryl methyl sites for hydroxylation is 3. The van der Waals surface area contributed by atoms with Crippen LogP contribution < -0.4 is 16.0 Å². The van der Waals surface area contributed by atoms with Crippen LogP contribution in [0.2, 0.25) is 0 Å². The zero-order valence-electron chi connectivity index (χ0n) is 15.2. The summed E-state index contributed by atoms with van der Waals surface area (Å²) in [6.07, 6.45) is 4.33. The Hall–Kier alpha value is -2.04. The van der Waals surface area contributed by atoms with Crippen molar-refractivity contribution >= 4 is 17.6 Å². The molecular weight excluding hydrogens is 302 g/mol.